The zero-order valence-electron chi connectivity index (χ0n) is 22.6. The summed E-state index contributed by atoms with van der Waals surface area (Å²) in [6, 6.07) is 34.7. The van der Waals surface area contributed by atoms with Gasteiger partial charge in [-0.05, 0) is 30.2 Å². The molecule has 0 radical (unpaired) electrons. The highest BCUT2D eigenvalue weighted by Crippen LogP contribution is 2.59. The summed E-state index contributed by atoms with van der Waals surface area (Å²) in [6.45, 7) is 11.4. The maximum atomic E-state index is 5.37. The van der Waals surface area contributed by atoms with Gasteiger partial charge < -0.3 is 0 Å². The number of fused-ring (bicyclic) bond motifs is 4. The summed E-state index contributed by atoms with van der Waals surface area (Å²) in [5, 5.41) is 0. The lowest BCUT2D eigenvalue weighted by atomic mass is 9.67. The van der Waals surface area contributed by atoms with E-state index in [2.05, 4.69) is 131 Å². The highest BCUT2D eigenvalue weighted by Gasteiger charge is 2.46. The number of hydrogen-bond donors (Lipinski definition) is 0. The average Bonchev–Trinajstić information content (AvgIpc) is 2.93. The molecule has 38 heavy (non-hydrogen) atoms. The molecule has 7 rings (SSSR count). The largest absolute Gasteiger partial charge is 0.278 e. The summed E-state index contributed by atoms with van der Waals surface area (Å²) in [5.74, 6) is 1.95. The van der Waals surface area contributed by atoms with Gasteiger partial charge in [-0.1, -0.05) is 118 Å². The quantitative estimate of drug-likeness (QED) is 0.246. The Bertz CT molecular complexity index is 1700. The minimum absolute atomic E-state index is 0.193. The molecule has 0 unspecified atom stereocenters. The molecule has 0 saturated heterocycles. The first-order chi connectivity index (χ1) is 18.3. The summed E-state index contributed by atoms with van der Waals surface area (Å²) in [5.41, 5.74) is 11.4. The Hall–Kier alpha value is -4.24. The van der Waals surface area contributed by atoms with Crippen LogP contribution in [0.1, 0.15) is 55.5 Å². The van der Waals surface area contributed by atoms with Crippen molar-refractivity contribution in [2.45, 2.75) is 45.4 Å². The number of anilines is 3. The van der Waals surface area contributed by atoms with Crippen LogP contribution < -0.4 is 4.90 Å². The van der Waals surface area contributed by atoms with Crippen molar-refractivity contribution in [2.24, 2.45) is 0 Å². The molecule has 5 aromatic rings. The predicted molar refractivity (Wildman–Crippen MR) is 157 cm³/mol. The van der Waals surface area contributed by atoms with E-state index in [1.54, 1.807) is 0 Å². The first kappa shape index (κ1) is 22.9. The molecule has 0 fully saturated rings. The van der Waals surface area contributed by atoms with Gasteiger partial charge in [-0.25, -0.2) is 9.97 Å². The highest BCUT2D eigenvalue weighted by atomic mass is 15.3. The molecule has 0 saturated carbocycles. The molecule has 2 aliphatic rings. The van der Waals surface area contributed by atoms with Gasteiger partial charge in [-0.15, -0.1) is 0 Å². The van der Waals surface area contributed by atoms with E-state index in [0.29, 0.717) is 0 Å². The Balaban J connectivity index is 1.54. The number of benzene rings is 3. The van der Waals surface area contributed by atoms with Gasteiger partial charge in [-0.2, -0.15) is 0 Å². The fourth-order valence-electron chi connectivity index (χ4n) is 6.26. The van der Waals surface area contributed by atoms with Gasteiger partial charge >= 0.3 is 0 Å². The summed E-state index contributed by atoms with van der Waals surface area (Å²) in [6.07, 6.45) is 0. The molecule has 3 heteroatoms. The van der Waals surface area contributed by atoms with Crippen LogP contribution in [0.25, 0.3) is 22.5 Å². The van der Waals surface area contributed by atoms with Crippen molar-refractivity contribution in [1.29, 1.82) is 0 Å². The van der Waals surface area contributed by atoms with E-state index in [1.807, 2.05) is 6.07 Å². The number of para-hydroxylation sites is 1. The minimum Gasteiger partial charge on any atom is -0.278 e. The zero-order chi connectivity index (χ0) is 26.2. The number of aromatic nitrogens is 2. The molecular formula is C35H31N3. The third-order valence-corrected chi connectivity index (χ3v) is 8.54. The molecule has 3 nitrogen and oxygen atoms in total. The molecule has 0 bridgehead atoms. The van der Waals surface area contributed by atoms with Gasteiger partial charge in [0.25, 0.3) is 0 Å². The first-order valence-corrected chi connectivity index (χ1v) is 13.4. The molecule has 2 aliphatic heterocycles. The van der Waals surface area contributed by atoms with Crippen LogP contribution in [0.3, 0.4) is 0 Å². The smallest absolute Gasteiger partial charge is 0.143 e. The average molecular weight is 494 g/mol. The number of rotatable bonds is 2. The van der Waals surface area contributed by atoms with Crippen molar-refractivity contribution in [3.63, 3.8) is 0 Å². The Kier molecular flexibility index (Phi) is 4.75. The number of hydrogen-bond acceptors (Lipinski definition) is 3. The maximum Gasteiger partial charge on any atom is 0.143 e. The molecule has 186 valence electrons. The Morgan fingerprint density at radius 2 is 1.00 bits per heavy atom. The third kappa shape index (κ3) is 3.14. The summed E-state index contributed by atoms with van der Waals surface area (Å²) in [4.78, 5) is 13.1. The zero-order valence-corrected chi connectivity index (χ0v) is 22.6. The predicted octanol–water partition coefficient (Wildman–Crippen LogP) is 8.87. The molecule has 0 spiro atoms. The van der Waals surface area contributed by atoms with Crippen molar-refractivity contribution >= 4 is 17.3 Å². The molecule has 2 aromatic heterocycles. The topological polar surface area (TPSA) is 29.0 Å². The highest BCUT2D eigenvalue weighted by molar-refractivity contribution is 5.91. The van der Waals surface area contributed by atoms with Gasteiger partial charge in [0.15, 0.2) is 0 Å². The Morgan fingerprint density at radius 1 is 0.500 bits per heavy atom. The standard InChI is InChI=1S/C35H31N3/c1-22-14-16-24(17-15-22)30-21-19-28-33(37-30)38-31-25(12-9-13-26(31)35(28,4)5)34(2,3)27-18-20-29(36-32(27)38)23-10-7-6-8-11-23/h6-21H,1-5H3. The van der Waals surface area contributed by atoms with E-state index in [-0.39, 0.29) is 10.8 Å². The second kappa shape index (κ2) is 7.88. The van der Waals surface area contributed by atoms with Gasteiger partial charge in [0.2, 0.25) is 0 Å². The van der Waals surface area contributed by atoms with Crippen molar-refractivity contribution in [2.75, 3.05) is 4.90 Å². The molecule has 3 aromatic carbocycles. The molecule has 0 aliphatic carbocycles. The van der Waals surface area contributed by atoms with Gasteiger partial charge in [0.1, 0.15) is 11.6 Å². The van der Waals surface area contributed by atoms with Gasteiger partial charge in [0, 0.05) is 33.1 Å². The van der Waals surface area contributed by atoms with Crippen LogP contribution in [0.4, 0.5) is 17.3 Å². The number of aryl methyl sites for hydroxylation is 1. The second-order valence-corrected chi connectivity index (χ2v) is 11.7. The molecule has 0 amide bonds. The summed E-state index contributed by atoms with van der Waals surface area (Å²) in [7, 11) is 0. The summed E-state index contributed by atoms with van der Waals surface area (Å²) < 4.78 is 0. The van der Waals surface area contributed by atoms with Gasteiger partial charge in [-0.3, -0.25) is 4.90 Å². The van der Waals surface area contributed by atoms with Crippen LogP contribution in [-0.4, -0.2) is 9.97 Å². The van der Waals surface area contributed by atoms with Crippen molar-refractivity contribution in [3.8, 4) is 22.5 Å². The lowest BCUT2D eigenvalue weighted by Crippen LogP contribution is -2.39. The van der Waals surface area contributed by atoms with Gasteiger partial charge in [0.05, 0.1) is 17.1 Å². The SMILES string of the molecule is Cc1ccc(-c2ccc3c(n2)N2c4nc(-c5ccccc5)ccc4C(C)(C)c4cccc(c42)C3(C)C)cc1. The lowest BCUT2D eigenvalue weighted by molar-refractivity contribution is 0.591. The Morgan fingerprint density at radius 3 is 1.53 bits per heavy atom. The molecule has 0 N–H and O–H groups in total. The fourth-order valence-corrected chi connectivity index (χ4v) is 6.26. The summed E-state index contributed by atoms with van der Waals surface area (Å²) >= 11 is 0. The fraction of sp³-hybridized carbons (Fsp3) is 0.200. The normalized spacial score (nSPS) is 15.9. The molecule has 4 heterocycles. The first-order valence-electron chi connectivity index (χ1n) is 13.4. The van der Waals surface area contributed by atoms with Crippen molar-refractivity contribution in [1.82, 2.24) is 9.97 Å². The maximum absolute atomic E-state index is 5.37. The van der Waals surface area contributed by atoms with E-state index in [4.69, 9.17) is 9.97 Å². The number of nitrogens with zero attached hydrogens (tertiary/aromatic N) is 3. The van der Waals surface area contributed by atoms with Crippen LogP contribution in [0.5, 0.6) is 0 Å². The van der Waals surface area contributed by atoms with E-state index in [9.17, 15) is 0 Å². The van der Waals surface area contributed by atoms with Crippen LogP contribution >= 0.6 is 0 Å². The number of pyridine rings is 2. The third-order valence-electron chi connectivity index (χ3n) is 8.54. The van der Waals surface area contributed by atoms with Crippen LogP contribution in [-0.2, 0) is 10.8 Å². The van der Waals surface area contributed by atoms with E-state index < -0.39 is 0 Å². The molecular weight excluding hydrogens is 462 g/mol. The molecule has 0 atom stereocenters. The monoisotopic (exact) mass is 493 g/mol. The lowest BCUT2D eigenvalue weighted by Gasteiger charge is -2.48. The van der Waals surface area contributed by atoms with Crippen molar-refractivity contribution < 1.29 is 0 Å². The Labute approximate surface area is 224 Å². The van der Waals surface area contributed by atoms with Crippen LogP contribution in [0.2, 0.25) is 0 Å². The second-order valence-electron chi connectivity index (χ2n) is 11.7. The van der Waals surface area contributed by atoms with Crippen LogP contribution in [0.15, 0.2) is 97.1 Å². The van der Waals surface area contributed by atoms with Crippen molar-refractivity contribution in [3.05, 3.63) is 125 Å². The van der Waals surface area contributed by atoms with E-state index in [1.165, 1.54) is 33.5 Å². The van der Waals surface area contributed by atoms with E-state index >= 15 is 0 Å². The van der Waals surface area contributed by atoms with Crippen LogP contribution in [0, 0.1) is 6.92 Å². The minimum atomic E-state index is -0.194. The van der Waals surface area contributed by atoms with E-state index in [0.717, 1.165) is 34.2 Å².